The lowest BCUT2D eigenvalue weighted by atomic mass is 10.1. The molecule has 0 spiro atoms. The Morgan fingerprint density at radius 1 is 1.08 bits per heavy atom. The van der Waals surface area contributed by atoms with Gasteiger partial charge in [0.25, 0.3) is 5.91 Å². The Hall–Kier alpha value is -3.70. The van der Waals surface area contributed by atoms with Crippen molar-refractivity contribution >= 4 is 49.9 Å². The lowest BCUT2D eigenvalue weighted by Gasteiger charge is -2.19. The van der Waals surface area contributed by atoms with E-state index in [1.807, 2.05) is 0 Å². The van der Waals surface area contributed by atoms with E-state index in [-0.39, 0.29) is 10.6 Å². The fourth-order valence-electron chi connectivity index (χ4n) is 3.84. The highest BCUT2D eigenvalue weighted by molar-refractivity contribution is 7.91. The molecule has 0 saturated heterocycles. The van der Waals surface area contributed by atoms with E-state index in [0.29, 0.717) is 40.2 Å². The van der Waals surface area contributed by atoms with Gasteiger partial charge < -0.3 is 19.6 Å². The predicted octanol–water partition coefficient (Wildman–Crippen LogP) is 3.00. The van der Waals surface area contributed by atoms with Gasteiger partial charge in [0.1, 0.15) is 22.6 Å². The van der Waals surface area contributed by atoms with E-state index in [4.69, 9.17) is 19.6 Å². The Bertz CT molecular complexity index is 1490. The van der Waals surface area contributed by atoms with Crippen LogP contribution < -0.4 is 19.9 Å². The van der Waals surface area contributed by atoms with Gasteiger partial charge in [0.15, 0.2) is 15.0 Å². The molecule has 0 aliphatic heterocycles. The normalized spacial score (nSPS) is 13.9. The molecule has 37 heavy (non-hydrogen) atoms. The van der Waals surface area contributed by atoms with Crippen molar-refractivity contribution in [3.05, 3.63) is 69.5 Å². The number of thiazole rings is 1. The van der Waals surface area contributed by atoms with E-state index in [2.05, 4.69) is 10.3 Å². The summed E-state index contributed by atoms with van der Waals surface area (Å²) in [7, 11) is -0.203. The summed E-state index contributed by atoms with van der Waals surface area (Å²) in [6.07, 6.45) is 1.44. The third-order valence-corrected chi connectivity index (χ3v) is 8.67. The molecule has 1 aliphatic carbocycles. The van der Waals surface area contributed by atoms with Gasteiger partial charge in [0.05, 0.1) is 29.4 Å². The Labute approximate surface area is 218 Å². The number of rotatable bonds is 10. The van der Waals surface area contributed by atoms with Gasteiger partial charge in [-0.2, -0.15) is 0 Å². The number of amides is 1. The van der Waals surface area contributed by atoms with Crippen LogP contribution in [0.4, 0.5) is 5.13 Å². The van der Waals surface area contributed by atoms with Gasteiger partial charge in [0.2, 0.25) is 6.10 Å². The molecule has 9 nitrogen and oxygen atoms in total. The highest BCUT2D eigenvalue weighted by atomic mass is 32.2. The monoisotopic (exact) mass is 541 g/mol. The lowest BCUT2D eigenvalue weighted by Crippen LogP contribution is -2.31. The molecule has 0 saturated carbocycles. The van der Waals surface area contributed by atoms with Crippen LogP contribution in [0, 0.1) is 5.41 Å². The van der Waals surface area contributed by atoms with Crippen molar-refractivity contribution in [2.45, 2.75) is 30.8 Å². The largest absolute Gasteiger partial charge is 0.500 e. The van der Waals surface area contributed by atoms with Crippen LogP contribution in [0.25, 0.3) is 11.5 Å². The van der Waals surface area contributed by atoms with Gasteiger partial charge in [0, 0.05) is 24.6 Å². The second-order valence-electron chi connectivity index (χ2n) is 8.12. The number of benzene rings is 2. The van der Waals surface area contributed by atoms with Crippen LogP contribution in [0.5, 0.6) is 5.75 Å². The van der Waals surface area contributed by atoms with Gasteiger partial charge in [-0.3, -0.25) is 10.1 Å². The Morgan fingerprint density at radius 2 is 1.73 bits per heavy atom. The summed E-state index contributed by atoms with van der Waals surface area (Å²) in [5, 5.41) is 11.2. The zero-order valence-electron chi connectivity index (χ0n) is 20.6. The number of fused-ring (bicyclic) bond motifs is 1. The SMILES string of the molecule is CCS(=O)(=O)c1ccc(C(Oc2ccc(C=N)cc2)C(=O)Nc2nc3c(s2)=C(OC)CCC=3OC)cc1. The maximum atomic E-state index is 13.5. The average Bonchev–Trinajstić information content (AvgIpc) is 3.35. The molecule has 1 aromatic heterocycles. The average molecular weight is 542 g/mol. The van der Waals surface area contributed by atoms with Crippen LogP contribution in [-0.4, -0.2) is 45.5 Å². The van der Waals surface area contributed by atoms with Crippen LogP contribution in [0.1, 0.15) is 37.0 Å². The summed E-state index contributed by atoms with van der Waals surface area (Å²) in [6, 6.07) is 12.8. The van der Waals surface area contributed by atoms with Crippen molar-refractivity contribution in [1.29, 1.82) is 5.41 Å². The van der Waals surface area contributed by atoms with E-state index in [1.165, 1.54) is 29.7 Å². The standard InChI is InChI=1S/C26H27N3O6S2/c1-4-37(31,32)19-11-7-17(8-12-19)23(35-18-9-5-16(15-27)6-10-18)25(30)29-26-28-22-20(33-2)13-14-21(34-3)24(22)36-26/h5-12,15,23,27H,4,13-14H2,1-3H3,(H,28,29,30). The number of hydrogen-bond acceptors (Lipinski definition) is 9. The fourth-order valence-corrected chi connectivity index (χ4v) is 5.76. The molecule has 0 fully saturated rings. The van der Waals surface area contributed by atoms with Crippen molar-refractivity contribution in [2.24, 2.45) is 0 Å². The fraction of sp³-hybridized carbons (Fsp3) is 0.269. The quantitative estimate of drug-likeness (QED) is 0.378. The first-order chi connectivity index (χ1) is 17.8. The third-order valence-electron chi connectivity index (χ3n) is 5.91. The molecule has 2 N–H and O–H groups in total. The van der Waals surface area contributed by atoms with E-state index < -0.39 is 21.8 Å². The zero-order valence-corrected chi connectivity index (χ0v) is 22.2. The summed E-state index contributed by atoms with van der Waals surface area (Å²) < 4.78 is 42.3. The van der Waals surface area contributed by atoms with Crippen LogP contribution in [0.3, 0.4) is 0 Å². The van der Waals surface area contributed by atoms with Crippen LogP contribution in [0.15, 0.2) is 53.4 Å². The third kappa shape index (κ3) is 5.67. The number of sulfone groups is 1. The van der Waals surface area contributed by atoms with Crippen molar-refractivity contribution in [3.8, 4) is 5.75 Å². The molecule has 1 unspecified atom stereocenters. The number of hydrogen-bond donors (Lipinski definition) is 2. The molecule has 0 radical (unpaired) electrons. The molecule has 1 aliphatic rings. The number of carbonyl (C=O) groups is 1. The summed E-state index contributed by atoms with van der Waals surface area (Å²) in [6.45, 7) is 1.58. The molecule has 1 heterocycles. The van der Waals surface area contributed by atoms with Crippen LogP contribution in [-0.2, 0) is 24.1 Å². The number of nitrogens with zero attached hydrogens (tertiary/aromatic N) is 1. The van der Waals surface area contributed by atoms with E-state index in [1.54, 1.807) is 57.5 Å². The smallest absolute Gasteiger partial charge is 0.271 e. The van der Waals surface area contributed by atoms with Gasteiger partial charge in [-0.25, -0.2) is 13.4 Å². The van der Waals surface area contributed by atoms with E-state index >= 15 is 0 Å². The molecule has 3 aromatic rings. The summed E-state index contributed by atoms with van der Waals surface area (Å²) in [5.41, 5.74) is 1.16. The number of ether oxygens (including phenoxy) is 3. The molecule has 1 atom stereocenters. The van der Waals surface area contributed by atoms with Gasteiger partial charge in [-0.15, -0.1) is 0 Å². The van der Waals surface area contributed by atoms with Crippen molar-refractivity contribution in [1.82, 2.24) is 4.98 Å². The van der Waals surface area contributed by atoms with Crippen LogP contribution in [0.2, 0.25) is 0 Å². The summed E-state index contributed by atoms with van der Waals surface area (Å²) >= 11 is 1.28. The highest BCUT2D eigenvalue weighted by Crippen LogP contribution is 2.26. The molecule has 194 valence electrons. The lowest BCUT2D eigenvalue weighted by molar-refractivity contribution is -0.123. The Morgan fingerprint density at radius 3 is 2.32 bits per heavy atom. The number of carbonyl (C=O) groups excluding carboxylic acids is 1. The molecule has 1 amide bonds. The van der Waals surface area contributed by atoms with Crippen molar-refractivity contribution in [2.75, 3.05) is 25.3 Å². The van der Waals surface area contributed by atoms with Gasteiger partial charge in [-0.05, 0) is 42.0 Å². The van der Waals surface area contributed by atoms with Crippen molar-refractivity contribution in [3.63, 3.8) is 0 Å². The molecular formula is C26H27N3O6S2. The minimum absolute atomic E-state index is 0.0260. The van der Waals surface area contributed by atoms with E-state index in [0.717, 1.165) is 16.1 Å². The number of anilines is 1. The summed E-state index contributed by atoms with van der Waals surface area (Å²) in [5.74, 6) is 1.41. The maximum Gasteiger partial charge on any atom is 0.271 e. The predicted molar refractivity (Wildman–Crippen MR) is 142 cm³/mol. The second-order valence-corrected chi connectivity index (χ2v) is 11.4. The van der Waals surface area contributed by atoms with Crippen molar-refractivity contribution < 1.29 is 27.4 Å². The minimum Gasteiger partial charge on any atom is -0.500 e. The highest BCUT2D eigenvalue weighted by Gasteiger charge is 2.26. The zero-order chi connectivity index (χ0) is 26.6. The molecule has 0 bridgehead atoms. The maximum absolute atomic E-state index is 13.5. The van der Waals surface area contributed by atoms with Gasteiger partial charge in [-0.1, -0.05) is 30.4 Å². The molecule has 4 rings (SSSR count). The topological polar surface area (TPSA) is 128 Å². The number of aromatic nitrogens is 1. The van der Waals surface area contributed by atoms with Gasteiger partial charge >= 0.3 is 0 Å². The molecule has 2 aromatic carbocycles. The summed E-state index contributed by atoms with van der Waals surface area (Å²) in [4.78, 5) is 18.2. The van der Waals surface area contributed by atoms with Crippen LogP contribution >= 0.6 is 11.3 Å². The first kappa shape index (κ1) is 26.4. The number of methoxy groups -OCH3 is 2. The Kier molecular flexibility index (Phi) is 7.94. The van der Waals surface area contributed by atoms with E-state index in [9.17, 15) is 13.2 Å². The first-order valence-corrected chi connectivity index (χ1v) is 14.0. The minimum atomic E-state index is -3.39. The first-order valence-electron chi connectivity index (χ1n) is 11.5. The Balaban J connectivity index is 1.69. The number of nitrogens with one attached hydrogen (secondary N) is 2. The molecular weight excluding hydrogens is 514 g/mol. The second kappa shape index (κ2) is 11.1. The molecule has 11 heteroatoms.